The quantitative estimate of drug-likeness (QED) is 0.894. The van der Waals surface area contributed by atoms with Crippen LogP contribution in [0.2, 0.25) is 10.4 Å². The van der Waals surface area contributed by atoms with Crippen LogP contribution in [0, 0.1) is 6.92 Å². The number of anilines is 1. The number of nitrogens with zero attached hydrogens (tertiary/aromatic N) is 5. The van der Waals surface area contributed by atoms with E-state index in [2.05, 4.69) is 30.6 Å². The summed E-state index contributed by atoms with van der Waals surface area (Å²) in [6.07, 6.45) is 0. The van der Waals surface area contributed by atoms with Crippen LogP contribution in [0.1, 0.15) is 11.7 Å². The molecule has 0 aliphatic heterocycles. The Kier molecular flexibility index (Phi) is 3.16. The van der Waals surface area contributed by atoms with Gasteiger partial charge in [0.25, 0.3) is 0 Å². The standard InChI is InChI=1S/C7H6Cl2N6O/c1-3-11-4(15-16-3)2-10-6-5(8)13-14-7(9)12-6/h2H2,1H3,(H,10,12,14). The molecule has 0 bridgehead atoms. The summed E-state index contributed by atoms with van der Waals surface area (Å²) in [7, 11) is 0. The summed E-state index contributed by atoms with van der Waals surface area (Å²) in [5.74, 6) is 1.30. The zero-order chi connectivity index (χ0) is 11.5. The Bertz CT molecular complexity index is 501. The summed E-state index contributed by atoms with van der Waals surface area (Å²) in [4.78, 5) is 7.85. The molecule has 0 unspecified atom stereocenters. The monoisotopic (exact) mass is 260 g/mol. The van der Waals surface area contributed by atoms with E-state index in [0.717, 1.165) is 0 Å². The Hall–Kier alpha value is -1.47. The molecule has 0 fully saturated rings. The lowest BCUT2D eigenvalue weighted by atomic mass is 10.5. The van der Waals surface area contributed by atoms with E-state index < -0.39 is 0 Å². The van der Waals surface area contributed by atoms with Crippen LogP contribution in [0.25, 0.3) is 0 Å². The molecule has 2 rings (SSSR count). The number of hydrogen-bond acceptors (Lipinski definition) is 7. The van der Waals surface area contributed by atoms with Gasteiger partial charge in [-0.3, -0.25) is 0 Å². The minimum Gasteiger partial charge on any atom is -0.360 e. The third-order valence-corrected chi connectivity index (χ3v) is 2.02. The fourth-order valence-corrected chi connectivity index (χ4v) is 1.25. The molecular weight excluding hydrogens is 255 g/mol. The first kappa shape index (κ1) is 11.0. The van der Waals surface area contributed by atoms with Crippen LogP contribution in [0.4, 0.5) is 5.82 Å². The molecule has 9 heteroatoms. The topological polar surface area (TPSA) is 89.6 Å². The molecule has 84 valence electrons. The maximum absolute atomic E-state index is 5.75. The van der Waals surface area contributed by atoms with Gasteiger partial charge in [0.2, 0.25) is 11.2 Å². The summed E-state index contributed by atoms with van der Waals surface area (Å²) in [6, 6.07) is 0. The van der Waals surface area contributed by atoms with Gasteiger partial charge in [0, 0.05) is 6.92 Å². The van der Waals surface area contributed by atoms with Crippen molar-refractivity contribution in [3.8, 4) is 0 Å². The second kappa shape index (κ2) is 4.58. The maximum Gasteiger partial charge on any atom is 0.245 e. The van der Waals surface area contributed by atoms with E-state index in [1.165, 1.54) is 0 Å². The fourth-order valence-electron chi connectivity index (χ4n) is 0.982. The van der Waals surface area contributed by atoms with Crippen molar-refractivity contribution in [2.45, 2.75) is 13.5 Å². The van der Waals surface area contributed by atoms with Gasteiger partial charge in [-0.1, -0.05) is 16.8 Å². The van der Waals surface area contributed by atoms with Gasteiger partial charge in [0.1, 0.15) is 0 Å². The van der Waals surface area contributed by atoms with Crippen LogP contribution < -0.4 is 5.32 Å². The third-order valence-electron chi connectivity index (χ3n) is 1.60. The van der Waals surface area contributed by atoms with E-state index in [1.807, 2.05) is 0 Å². The normalized spacial score (nSPS) is 10.4. The summed E-state index contributed by atoms with van der Waals surface area (Å²) >= 11 is 11.3. The van der Waals surface area contributed by atoms with E-state index in [9.17, 15) is 0 Å². The summed E-state index contributed by atoms with van der Waals surface area (Å²) < 4.78 is 4.80. The SMILES string of the molecule is Cc1nc(CNc2nc(Cl)nnc2Cl)no1. The molecule has 0 atom stereocenters. The van der Waals surface area contributed by atoms with Gasteiger partial charge in [0.15, 0.2) is 16.8 Å². The molecule has 0 aliphatic carbocycles. The van der Waals surface area contributed by atoms with Crippen molar-refractivity contribution in [2.24, 2.45) is 0 Å². The first-order chi connectivity index (χ1) is 7.65. The highest BCUT2D eigenvalue weighted by Crippen LogP contribution is 2.16. The van der Waals surface area contributed by atoms with Crippen molar-refractivity contribution < 1.29 is 4.52 Å². The van der Waals surface area contributed by atoms with Crippen LogP contribution in [0.5, 0.6) is 0 Å². The number of halogens is 2. The van der Waals surface area contributed by atoms with Crippen LogP contribution in [-0.2, 0) is 6.54 Å². The molecule has 16 heavy (non-hydrogen) atoms. The van der Waals surface area contributed by atoms with Crippen molar-refractivity contribution in [3.63, 3.8) is 0 Å². The lowest BCUT2D eigenvalue weighted by Gasteiger charge is -2.02. The Morgan fingerprint density at radius 2 is 2.06 bits per heavy atom. The third kappa shape index (κ3) is 2.56. The second-order valence-corrected chi connectivity index (χ2v) is 3.50. The lowest BCUT2D eigenvalue weighted by molar-refractivity contribution is 0.388. The zero-order valence-corrected chi connectivity index (χ0v) is 9.62. The van der Waals surface area contributed by atoms with Gasteiger partial charge in [0.05, 0.1) is 6.54 Å². The first-order valence-corrected chi connectivity index (χ1v) is 4.99. The molecule has 2 aromatic heterocycles. The van der Waals surface area contributed by atoms with Crippen LogP contribution in [0.3, 0.4) is 0 Å². The van der Waals surface area contributed by atoms with Crippen molar-refractivity contribution in [1.29, 1.82) is 0 Å². The molecule has 2 aromatic rings. The van der Waals surface area contributed by atoms with E-state index in [4.69, 9.17) is 27.7 Å². The average molecular weight is 261 g/mol. The minimum atomic E-state index is 0.0104. The van der Waals surface area contributed by atoms with Crippen molar-refractivity contribution in [2.75, 3.05) is 5.32 Å². The molecule has 0 spiro atoms. The van der Waals surface area contributed by atoms with E-state index >= 15 is 0 Å². The zero-order valence-electron chi connectivity index (χ0n) is 8.11. The Balaban J connectivity index is 2.07. The lowest BCUT2D eigenvalue weighted by Crippen LogP contribution is -2.05. The predicted molar refractivity (Wildman–Crippen MR) is 56.2 cm³/mol. The summed E-state index contributed by atoms with van der Waals surface area (Å²) in [5.41, 5.74) is 0. The summed E-state index contributed by atoms with van der Waals surface area (Å²) in [6.45, 7) is 2.01. The first-order valence-electron chi connectivity index (χ1n) is 4.24. The minimum absolute atomic E-state index is 0.0104. The van der Waals surface area contributed by atoms with Gasteiger partial charge in [-0.05, 0) is 11.6 Å². The van der Waals surface area contributed by atoms with Crippen LogP contribution in [0.15, 0.2) is 4.52 Å². The second-order valence-electron chi connectivity index (χ2n) is 2.80. The van der Waals surface area contributed by atoms with Gasteiger partial charge < -0.3 is 9.84 Å². The molecule has 0 radical (unpaired) electrons. The van der Waals surface area contributed by atoms with Crippen molar-refractivity contribution in [1.82, 2.24) is 25.3 Å². The highest BCUT2D eigenvalue weighted by molar-refractivity contribution is 6.32. The van der Waals surface area contributed by atoms with Gasteiger partial charge >= 0.3 is 0 Å². The van der Waals surface area contributed by atoms with E-state index in [-0.39, 0.29) is 10.4 Å². The Labute approximate surface area is 100 Å². The molecule has 0 saturated carbocycles. The Morgan fingerprint density at radius 1 is 1.25 bits per heavy atom. The smallest absolute Gasteiger partial charge is 0.245 e. The number of nitrogens with one attached hydrogen (secondary N) is 1. The molecule has 0 amide bonds. The molecule has 1 N–H and O–H groups in total. The van der Waals surface area contributed by atoms with Crippen molar-refractivity contribution >= 4 is 29.0 Å². The number of aryl methyl sites for hydroxylation is 1. The Morgan fingerprint density at radius 3 is 2.75 bits per heavy atom. The fraction of sp³-hybridized carbons (Fsp3) is 0.286. The highest BCUT2D eigenvalue weighted by Gasteiger charge is 2.07. The maximum atomic E-state index is 5.75. The molecule has 0 aliphatic rings. The van der Waals surface area contributed by atoms with Gasteiger partial charge in [-0.25, -0.2) is 0 Å². The molecule has 0 aromatic carbocycles. The average Bonchev–Trinajstić information content (AvgIpc) is 2.66. The van der Waals surface area contributed by atoms with E-state index in [1.54, 1.807) is 6.92 Å². The summed E-state index contributed by atoms with van der Waals surface area (Å²) in [5, 5.41) is 13.8. The van der Waals surface area contributed by atoms with Crippen molar-refractivity contribution in [3.05, 3.63) is 22.2 Å². The van der Waals surface area contributed by atoms with Crippen LogP contribution in [-0.4, -0.2) is 25.3 Å². The number of hydrogen-bond donors (Lipinski definition) is 1. The molecular formula is C7H6Cl2N6O. The predicted octanol–water partition coefficient (Wildman–Crippen LogP) is 1.48. The van der Waals surface area contributed by atoms with Gasteiger partial charge in [-0.2, -0.15) is 9.97 Å². The van der Waals surface area contributed by atoms with Gasteiger partial charge in [-0.15, -0.1) is 10.2 Å². The number of aromatic nitrogens is 5. The van der Waals surface area contributed by atoms with Crippen LogP contribution >= 0.6 is 23.2 Å². The van der Waals surface area contributed by atoms with E-state index in [0.29, 0.717) is 24.1 Å². The molecule has 7 nitrogen and oxygen atoms in total. The molecule has 2 heterocycles. The molecule has 0 saturated heterocycles. The highest BCUT2D eigenvalue weighted by atomic mass is 35.5. The largest absolute Gasteiger partial charge is 0.360 e. The number of rotatable bonds is 3.